The van der Waals surface area contributed by atoms with E-state index in [1.807, 2.05) is 72.6 Å². The number of carbonyl (C=O) groups excluding carboxylic acids is 1. The summed E-state index contributed by atoms with van der Waals surface area (Å²) in [7, 11) is -3.90. The van der Waals surface area contributed by atoms with Gasteiger partial charge in [0.2, 0.25) is 10.0 Å². The van der Waals surface area contributed by atoms with E-state index in [-0.39, 0.29) is 16.8 Å². The fourth-order valence-electron chi connectivity index (χ4n) is 3.72. The summed E-state index contributed by atoms with van der Waals surface area (Å²) in [6.07, 6.45) is 0.414. The molecule has 0 saturated carbocycles. The Morgan fingerprint density at radius 1 is 1.03 bits per heavy atom. The summed E-state index contributed by atoms with van der Waals surface area (Å²) >= 11 is 0. The van der Waals surface area contributed by atoms with Gasteiger partial charge in [-0.25, -0.2) is 13.6 Å². The van der Waals surface area contributed by atoms with Crippen LogP contribution in [0.3, 0.4) is 0 Å². The summed E-state index contributed by atoms with van der Waals surface area (Å²) in [6.45, 7) is 3.59. The van der Waals surface area contributed by atoms with E-state index in [1.54, 1.807) is 6.92 Å². The molecule has 1 amide bonds. The fourth-order valence-corrected chi connectivity index (χ4v) is 4.34. The quantitative estimate of drug-likeness (QED) is 0.618. The molecule has 4 rings (SSSR count). The van der Waals surface area contributed by atoms with Crippen LogP contribution in [0.2, 0.25) is 0 Å². The monoisotopic (exact) mass is 448 g/mol. The van der Waals surface area contributed by atoms with Gasteiger partial charge < -0.3 is 5.32 Å². The summed E-state index contributed by atoms with van der Waals surface area (Å²) in [5.41, 5.74) is 4.17. The highest BCUT2D eigenvalue weighted by Gasteiger charge is 2.32. The van der Waals surface area contributed by atoms with Crippen LogP contribution in [0.5, 0.6) is 0 Å². The molecular weight excluding hydrogens is 424 g/mol. The maximum atomic E-state index is 13.1. The van der Waals surface area contributed by atoms with E-state index >= 15 is 0 Å². The van der Waals surface area contributed by atoms with Crippen molar-refractivity contribution in [3.63, 3.8) is 0 Å². The molecule has 1 aliphatic heterocycles. The van der Waals surface area contributed by atoms with E-state index in [0.717, 1.165) is 16.8 Å². The summed E-state index contributed by atoms with van der Waals surface area (Å²) in [6, 6.07) is 22.3. The molecule has 0 aromatic heterocycles. The molecule has 164 valence electrons. The van der Waals surface area contributed by atoms with Crippen molar-refractivity contribution in [2.45, 2.75) is 31.2 Å². The van der Waals surface area contributed by atoms with Gasteiger partial charge in [0, 0.05) is 12.1 Å². The number of amides is 1. The lowest BCUT2D eigenvalue weighted by Crippen LogP contribution is -2.23. The molecule has 0 bridgehead atoms. The van der Waals surface area contributed by atoms with Gasteiger partial charge in [-0.05, 0) is 54.8 Å². The van der Waals surface area contributed by atoms with E-state index < -0.39 is 10.0 Å². The van der Waals surface area contributed by atoms with Gasteiger partial charge >= 0.3 is 0 Å². The van der Waals surface area contributed by atoms with Crippen LogP contribution in [0.15, 0.2) is 82.8 Å². The molecular formula is C24H24N4O3S. The highest BCUT2D eigenvalue weighted by Crippen LogP contribution is 2.35. The van der Waals surface area contributed by atoms with Gasteiger partial charge in [-0.1, -0.05) is 48.5 Å². The van der Waals surface area contributed by atoms with E-state index in [1.165, 1.54) is 12.1 Å². The Balaban J connectivity index is 1.66. The van der Waals surface area contributed by atoms with Crippen LogP contribution in [-0.4, -0.2) is 20.0 Å². The molecule has 1 atom stereocenters. The lowest BCUT2D eigenvalue weighted by molar-refractivity contribution is -0.110. The van der Waals surface area contributed by atoms with Crippen molar-refractivity contribution in [1.82, 2.24) is 0 Å². The second kappa shape index (κ2) is 8.57. The lowest BCUT2D eigenvalue weighted by atomic mass is 10.0. The highest BCUT2D eigenvalue weighted by atomic mass is 32.2. The first kappa shape index (κ1) is 21.7. The number of hydrazone groups is 1. The van der Waals surface area contributed by atoms with E-state index in [9.17, 15) is 13.2 Å². The average Bonchev–Trinajstić information content (AvgIpc) is 3.23. The first-order valence-electron chi connectivity index (χ1n) is 10.2. The number of carbonyl (C=O) groups is 1. The average molecular weight is 449 g/mol. The van der Waals surface area contributed by atoms with Crippen LogP contribution < -0.4 is 15.5 Å². The Bertz CT molecular complexity index is 1290. The van der Waals surface area contributed by atoms with Gasteiger partial charge in [-0.2, -0.15) is 5.10 Å². The Morgan fingerprint density at radius 3 is 2.28 bits per heavy atom. The van der Waals surface area contributed by atoms with Crippen LogP contribution in [-0.2, 0) is 14.8 Å². The zero-order chi connectivity index (χ0) is 22.9. The predicted molar refractivity (Wildman–Crippen MR) is 126 cm³/mol. The Morgan fingerprint density at radius 2 is 1.66 bits per heavy atom. The highest BCUT2D eigenvalue weighted by molar-refractivity contribution is 7.89. The predicted octanol–water partition coefficient (Wildman–Crippen LogP) is 3.90. The topological polar surface area (TPSA) is 105 Å². The molecule has 0 fully saturated rings. The third kappa shape index (κ3) is 4.42. The molecule has 32 heavy (non-hydrogen) atoms. The number of hydrogen-bond donors (Lipinski definition) is 2. The third-order valence-corrected chi connectivity index (χ3v) is 6.49. The van der Waals surface area contributed by atoms with E-state index in [4.69, 9.17) is 5.14 Å². The molecule has 3 aromatic carbocycles. The normalized spacial score (nSPS) is 16.0. The van der Waals surface area contributed by atoms with Gasteiger partial charge in [0.25, 0.3) is 5.91 Å². The molecule has 3 N–H and O–H groups in total. The molecule has 1 aliphatic rings. The molecule has 7 nitrogen and oxygen atoms in total. The SMILES string of the molecule is Cc1cc(S(N)(=O)=O)cc(NC(=O)C2=NN(c3ccccc3)C(c3ccccc3)C2)c1C. The summed E-state index contributed by atoms with van der Waals surface area (Å²) in [4.78, 5) is 13.1. The molecule has 0 aliphatic carbocycles. The van der Waals surface area contributed by atoms with Gasteiger partial charge in [-0.3, -0.25) is 9.80 Å². The minimum absolute atomic E-state index is 0.0441. The van der Waals surface area contributed by atoms with Crippen LogP contribution in [0.4, 0.5) is 11.4 Å². The van der Waals surface area contributed by atoms with Crippen LogP contribution in [0.1, 0.15) is 29.2 Å². The standard InChI is InChI=1S/C24H24N4O3S/c1-16-13-20(32(25,30)31)14-21(17(16)2)26-24(29)22-15-23(18-9-5-3-6-10-18)28(27-22)19-11-7-4-8-12-19/h3-14,23H,15H2,1-2H3,(H,26,29)(H2,25,30,31). The largest absolute Gasteiger partial charge is 0.321 e. The summed E-state index contributed by atoms with van der Waals surface area (Å²) in [5, 5.41) is 14.6. The number of nitrogens with zero attached hydrogens (tertiary/aromatic N) is 2. The number of benzene rings is 3. The van der Waals surface area contributed by atoms with Crippen molar-refractivity contribution >= 4 is 33.0 Å². The van der Waals surface area contributed by atoms with Crippen molar-refractivity contribution in [3.05, 3.63) is 89.5 Å². The second-order valence-corrected chi connectivity index (χ2v) is 9.33. The minimum atomic E-state index is -3.90. The van der Waals surface area contributed by atoms with Gasteiger partial charge in [0.15, 0.2) is 0 Å². The number of rotatable bonds is 5. The number of nitrogens with two attached hydrogens (primary N) is 1. The van der Waals surface area contributed by atoms with Crippen molar-refractivity contribution in [2.75, 3.05) is 10.3 Å². The van der Waals surface area contributed by atoms with Gasteiger partial charge in [-0.15, -0.1) is 0 Å². The number of para-hydroxylation sites is 1. The molecule has 0 saturated heterocycles. The van der Waals surface area contributed by atoms with Crippen LogP contribution in [0.25, 0.3) is 0 Å². The molecule has 0 spiro atoms. The Labute approximate surface area is 187 Å². The number of sulfonamides is 1. The number of aryl methyl sites for hydroxylation is 1. The summed E-state index contributed by atoms with van der Waals surface area (Å²) < 4.78 is 23.7. The van der Waals surface area contributed by atoms with Crippen LogP contribution in [0, 0.1) is 13.8 Å². The smallest absolute Gasteiger partial charge is 0.271 e. The van der Waals surface area contributed by atoms with Crippen LogP contribution >= 0.6 is 0 Å². The number of nitrogens with one attached hydrogen (secondary N) is 1. The van der Waals surface area contributed by atoms with Crippen molar-refractivity contribution in [2.24, 2.45) is 10.2 Å². The maximum absolute atomic E-state index is 13.1. The Hall–Kier alpha value is -3.49. The zero-order valence-electron chi connectivity index (χ0n) is 17.8. The Kier molecular flexibility index (Phi) is 5.82. The van der Waals surface area contributed by atoms with Gasteiger partial charge in [0.05, 0.1) is 16.6 Å². The number of primary sulfonamides is 1. The van der Waals surface area contributed by atoms with E-state index in [0.29, 0.717) is 23.4 Å². The molecule has 1 heterocycles. The first-order chi connectivity index (χ1) is 15.2. The van der Waals surface area contributed by atoms with E-state index in [2.05, 4.69) is 10.4 Å². The van der Waals surface area contributed by atoms with Crippen molar-refractivity contribution < 1.29 is 13.2 Å². The molecule has 0 radical (unpaired) electrons. The summed E-state index contributed by atoms with van der Waals surface area (Å²) in [5.74, 6) is -0.376. The van der Waals surface area contributed by atoms with Gasteiger partial charge in [0.1, 0.15) is 5.71 Å². The number of anilines is 2. The first-order valence-corrected chi connectivity index (χ1v) is 11.7. The second-order valence-electron chi connectivity index (χ2n) is 7.77. The maximum Gasteiger partial charge on any atom is 0.271 e. The minimum Gasteiger partial charge on any atom is -0.321 e. The van der Waals surface area contributed by atoms with Crippen molar-refractivity contribution in [3.8, 4) is 0 Å². The van der Waals surface area contributed by atoms with Crippen molar-refractivity contribution in [1.29, 1.82) is 0 Å². The zero-order valence-corrected chi connectivity index (χ0v) is 18.6. The number of hydrogen-bond acceptors (Lipinski definition) is 5. The molecule has 1 unspecified atom stereocenters. The molecule has 3 aromatic rings. The fraction of sp³-hybridized carbons (Fsp3) is 0.167. The third-order valence-electron chi connectivity index (χ3n) is 5.60. The lowest BCUT2D eigenvalue weighted by Gasteiger charge is -2.23. The molecule has 8 heteroatoms.